The van der Waals surface area contributed by atoms with Crippen LogP contribution in [0.3, 0.4) is 0 Å². The minimum atomic E-state index is -0.417. The molecular formula is C13H14FN3O. The molecule has 0 spiro atoms. The van der Waals surface area contributed by atoms with Crippen LogP contribution in [0, 0.1) is 5.82 Å². The monoisotopic (exact) mass is 247 g/mol. The topological polar surface area (TPSA) is 61.0 Å². The highest BCUT2D eigenvalue weighted by Crippen LogP contribution is 2.24. The van der Waals surface area contributed by atoms with Crippen LogP contribution in [0.15, 0.2) is 30.3 Å². The van der Waals surface area contributed by atoms with E-state index in [0.29, 0.717) is 17.1 Å². The summed E-state index contributed by atoms with van der Waals surface area (Å²) in [7, 11) is 0. The third-order valence-electron chi connectivity index (χ3n) is 2.28. The number of nitrogens with two attached hydrogens (primary N) is 1. The third kappa shape index (κ3) is 2.74. The fraction of sp³-hybridized carbons (Fsp3) is 0.231. The maximum atomic E-state index is 13.8. The second-order valence-corrected chi connectivity index (χ2v) is 4.16. The van der Waals surface area contributed by atoms with Crippen LogP contribution in [0.1, 0.15) is 13.8 Å². The summed E-state index contributed by atoms with van der Waals surface area (Å²) in [6, 6.07) is 8.01. The number of halogens is 1. The predicted octanol–water partition coefficient (Wildman–Crippen LogP) is 2.65. The Bertz CT molecular complexity index is 540. The molecule has 0 radical (unpaired) electrons. The highest BCUT2D eigenvalue weighted by Gasteiger charge is 2.08. The Hall–Kier alpha value is -2.17. The van der Waals surface area contributed by atoms with E-state index in [1.165, 1.54) is 6.07 Å². The van der Waals surface area contributed by atoms with Gasteiger partial charge in [0.1, 0.15) is 5.82 Å². The highest BCUT2D eigenvalue weighted by molar-refractivity contribution is 5.60. The summed E-state index contributed by atoms with van der Waals surface area (Å²) < 4.78 is 19.1. The van der Waals surface area contributed by atoms with Crippen LogP contribution in [-0.2, 0) is 0 Å². The smallest absolute Gasteiger partial charge is 0.165 e. The van der Waals surface area contributed by atoms with Crippen molar-refractivity contribution < 1.29 is 9.13 Å². The molecule has 0 saturated heterocycles. The van der Waals surface area contributed by atoms with Gasteiger partial charge in [0.05, 0.1) is 11.8 Å². The Morgan fingerprint density at radius 2 is 1.94 bits per heavy atom. The number of anilines is 1. The number of ether oxygens (including phenoxy) is 1. The number of hydrogen-bond acceptors (Lipinski definition) is 4. The molecule has 0 unspecified atom stereocenters. The van der Waals surface area contributed by atoms with Crippen LogP contribution in [0.4, 0.5) is 10.2 Å². The Labute approximate surface area is 105 Å². The number of nitrogens with zero attached hydrogens (tertiary/aromatic N) is 2. The van der Waals surface area contributed by atoms with E-state index in [4.69, 9.17) is 10.5 Å². The van der Waals surface area contributed by atoms with Gasteiger partial charge >= 0.3 is 0 Å². The molecule has 0 fully saturated rings. The second kappa shape index (κ2) is 5.00. The van der Waals surface area contributed by atoms with E-state index >= 15 is 0 Å². The normalized spacial score (nSPS) is 10.7. The Kier molecular flexibility index (Phi) is 3.41. The lowest BCUT2D eigenvalue weighted by Gasteiger charge is -2.11. The summed E-state index contributed by atoms with van der Waals surface area (Å²) >= 11 is 0. The SMILES string of the molecule is CC(C)Oc1ccc(-c2ccc(N)nn2)cc1F. The summed E-state index contributed by atoms with van der Waals surface area (Å²) in [6.45, 7) is 3.69. The molecule has 0 aliphatic rings. The highest BCUT2D eigenvalue weighted by atomic mass is 19.1. The van der Waals surface area contributed by atoms with Crippen LogP contribution < -0.4 is 10.5 Å². The molecule has 0 bridgehead atoms. The molecule has 5 heteroatoms. The zero-order chi connectivity index (χ0) is 13.1. The average Bonchev–Trinajstić information content (AvgIpc) is 2.32. The largest absolute Gasteiger partial charge is 0.488 e. The van der Waals surface area contributed by atoms with E-state index in [1.54, 1.807) is 24.3 Å². The molecule has 1 aromatic carbocycles. The molecule has 18 heavy (non-hydrogen) atoms. The number of benzene rings is 1. The molecule has 1 heterocycles. The van der Waals surface area contributed by atoms with Crippen LogP contribution in [0.5, 0.6) is 5.75 Å². The van der Waals surface area contributed by atoms with Gasteiger partial charge in [0.15, 0.2) is 11.6 Å². The molecule has 4 nitrogen and oxygen atoms in total. The molecule has 94 valence electrons. The first-order valence-corrected chi connectivity index (χ1v) is 5.62. The van der Waals surface area contributed by atoms with Gasteiger partial charge < -0.3 is 10.5 Å². The van der Waals surface area contributed by atoms with Crippen molar-refractivity contribution in [3.63, 3.8) is 0 Å². The lowest BCUT2D eigenvalue weighted by atomic mass is 10.1. The van der Waals surface area contributed by atoms with Gasteiger partial charge in [-0.1, -0.05) is 0 Å². The first-order valence-electron chi connectivity index (χ1n) is 5.62. The molecular weight excluding hydrogens is 233 g/mol. The number of hydrogen-bond donors (Lipinski definition) is 1. The number of rotatable bonds is 3. The van der Waals surface area contributed by atoms with Crippen molar-refractivity contribution in [1.29, 1.82) is 0 Å². The predicted molar refractivity (Wildman–Crippen MR) is 67.6 cm³/mol. The number of nitrogen functional groups attached to an aromatic ring is 1. The fourth-order valence-electron chi connectivity index (χ4n) is 1.51. The summed E-state index contributed by atoms with van der Waals surface area (Å²) in [4.78, 5) is 0. The molecule has 0 aliphatic carbocycles. The van der Waals surface area contributed by atoms with E-state index in [0.717, 1.165) is 0 Å². The lowest BCUT2D eigenvalue weighted by Crippen LogP contribution is -2.06. The molecule has 0 aliphatic heterocycles. The molecule has 1 aromatic heterocycles. The van der Waals surface area contributed by atoms with E-state index in [1.807, 2.05) is 13.8 Å². The van der Waals surface area contributed by atoms with Gasteiger partial charge in [-0.25, -0.2) is 4.39 Å². The first-order chi connectivity index (χ1) is 8.56. The van der Waals surface area contributed by atoms with Gasteiger partial charge in [-0.3, -0.25) is 0 Å². The number of aromatic nitrogens is 2. The first kappa shape index (κ1) is 12.3. The van der Waals surface area contributed by atoms with Gasteiger partial charge in [0.25, 0.3) is 0 Å². The fourth-order valence-corrected chi connectivity index (χ4v) is 1.51. The minimum absolute atomic E-state index is 0.0679. The summed E-state index contributed by atoms with van der Waals surface area (Å²) in [5.74, 6) is 0.149. The molecule has 0 saturated carbocycles. The van der Waals surface area contributed by atoms with Gasteiger partial charge in [-0.15, -0.1) is 10.2 Å². The molecule has 0 amide bonds. The van der Waals surface area contributed by atoms with Crippen molar-refractivity contribution in [2.24, 2.45) is 0 Å². The van der Waals surface area contributed by atoms with Crippen molar-refractivity contribution in [3.05, 3.63) is 36.1 Å². The van der Waals surface area contributed by atoms with E-state index in [9.17, 15) is 4.39 Å². The van der Waals surface area contributed by atoms with Crippen LogP contribution in [0.25, 0.3) is 11.3 Å². The maximum Gasteiger partial charge on any atom is 0.165 e. The van der Waals surface area contributed by atoms with Crippen LogP contribution in [0.2, 0.25) is 0 Å². The minimum Gasteiger partial charge on any atom is -0.488 e. The Balaban J connectivity index is 2.31. The van der Waals surface area contributed by atoms with Crippen molar-refractivity contribution in [2.75, 3.05) is 5.73 Å². The quantitative estimate of drug-likeness (QED) is 0.905. The van der Waals surface area contributed by atoms with Crippen molar-refractivity contribution in [2.45, 2.75) is 20.0 Å². The van der Waals surface area contributed by atoms with Gasteiger partial charge in [-0.2, -0.15) is 0 Å². The molecule has 0 atom stereocenters. The zero-order valence-corrected chi connectivity index (χ0v) is 10.2. The zero-order valence-electron chi connectivity index (χ0n) is 10.2. The standard InChI is InChI=1S/C13H14FN3O/c1-8(2)18-12-5-3-9(7-10(12)14)11-4-6-13(15)17-16-11/h3-8H,1-2H3,(H2,15,17). The van der Waals surface area contributed by atoms with Crippen molar-refractivity contribution >= 4 is 5.82 Å². The maximum absolute atomic E-state index is 13.8. The second-order valence-electron chi connectivity index (χ2n) is 4.16. The van der Waals surface area contributed by atoms with E-state index in [2.05, 4.69) is 10.2 Å². The van der Waals surface area contributed by atoms with E-state index < -0.39 is 5.82 Å². The summed E-state index contributed by atoms with van der Waals surface area (Å²) in [5, 5.41) is 7.63. The van der Waals surface area contributed by atoms with Crippen LogP contribution in [-0.4, -0.2) is 16.3 Å². The Morgan fingerprint density at radius 1 is 1.17 bits per heavy atom. The van der Waals surface area contributed by atoms with Gasteiger partial charge in [-0.05, 0) is 44.2 Å². The van der Waals surface area contributed by atoms with Crippen molar-refractivity contribution in [3.8, 4) is 17.0 Å². The van der Waals surface area contributed by atoms with Crippen LogP contribution >= 0.6 is 0 Å². The summed E-state index contributed by atoms with van der Waals surface area (Å²) in [5.41, 5.74) is 6.65. The Morgan fingerprint density at radius 3 is 2.50 bits per heavy atom. The van der Waals surface area contributed by atoms with E-state index in [-0.39, 0.29) is 11.9 Å². The summed E-state index contributed by atoms with van der Waals surface area (Å²) in [6.07, 6.45) is -0.0679. The molecule has 2 N–H and O–H groups in total. The van der Waals surface area contributed by atoms with Crippen molar-refractivity contribution in [1.82, 2.24) is 10.2 Å². The average molecular weight is 247 g/mol. The molecule has 2 rings (SSSR count). The van der Waals surface area contributed by atoms with Gasteiger partial charge in [0.2, 0.25) is 0 Å². The van der Waals surface area contributed by atoms with Gasteiger partial charge in [0, 0.05) is 5.56 Å². The third-order valence-corrected chi connectivity index (χ3v) is 2.28. The molecule has 2 aromatic rings. The lowest BCUT2D eigenvalue weighted by molar-refractivity contribution is 0.231.